The van der Waals surface area contributed by atoms with E-state index in [1.54, 1.807) is 11.3 Å². The van der Waals surface area contributed by atoms with Gasteiger partial charge in [0.25, 0.3) is 0 Å². The van der Waals surface area contributed by atoms with Gasteiger partial charge in [-0.05, 0) is 32.3 Å². The number of thiazole rings is 1. The quantitative estimate of drug-likeness (QED) is 0.891. The molecule has 1 aliphatic rings. The van der Waals surface area contributed by atoms with E-state index in [2.05, 4.69) is 29.4 Å². The molecule has 1 aliphatic carbocycles. The number of aryl methyl sites for hydroxylation is 1. The molecule has 1 aromatic carbocycles. The van der Waals surface area contributed by atoms with Crippen LogP contribution in [0.2, 0.25) is 0 Å². The Hall–Kier alpha value is -1.72. The van der Waals surface area contributed by atoms with E-state index < -0.39 is 5.60 Å². The highest BCUT2D eigenvalue weighted by Gasteiger charge is 2.34. The molecule has 0 bridgehead atoms. The van der Waals surface area contributed by atoms with Gasteiger partial charge in [-0.25, -0.2) is 4.98 Å². The molecular weight excluding hydrogens is 296 g/mol. The first-order valence-corrected chi connectivity index (χ1v) is 8.43. The van der Waals surface area contributed by atoms with Gasteiger partial charge in [0.05, 0.1) is 17.7 Å². The molecule has 0 atom stereocenters. The molecule has 116 valence electrons. The average Bonchev–Trinajstić information content (AvgIpc) is 2.91. The number of hydrogen-bond donors (Lipinski definition) is 2. The van der Waals surface area contributed by atoms with Crippen LogP contribution < -0.4 is 5.32 Å². The van der Waals surface area contributed by atoms with Crippen LogP contribution in [0.25, 0.3) is 10.6 Å². The van der Waals surface area contributed by atoms with Gasteiger partial charge in [0.1, 0.15) is 5.01 Å². The summed E-state index contributed by atoms with van der Waals surface area (Å²) in [4.78, 5) is 16.5. The SMILES string of the molecule is Cc1cccc(-c2nc(CC(=O)NCC3(O)CCC3)cs2)c1. The highest BCUT2D eigenvalue weighted by molar-refractivity contribution is 7.13. The maximum Gasteiger partial charge on any atom is 0.226 e. The van der Waals surface area contributed by atoms with Crippen LogP contribution in [0.1, 0.15) is 30.5 Å². The topological polar surface area (TPSA) is 62.2 Å². The van der Waals surface area contributed by atoms with Crippen LogP contribution in [0.5, 0.6) is 0 Å². The number of carbonyl (C=O) groups is 1. The fraction of sp³-hybridized carbons (Fsp3) is 0.412. The molecule has 3 rings (SSSR count). The number of rotatable bonds is 5. The summed E-state index contributed by atoms with van der Waals surface area (Å²) in [7, 11) is 0. The van der Waals surface area contributed by atoms with Gasteiger partial charge in [-0.2, -0.15) is 0 Å². The monoisotopic (exact) mass is 316 g/mol. The van der Waals surface area contributed by atoms with Gasteiger partial charge in [-0.3, -0.25) is 4.79 Å². The third-order valence-electron chi connectivity index (χ3n) is 4.06. The molecule has 2 N–H and O–H groups in total. The molecule has 1 saturated carbocycles. The van der Waals surface area contributed by atoms with Crippen molar-refractivity contribution in [3.05, 3.63) is 40.9 Å². The molecule has 4 nitrogen and oxygen atoms in total. The summed E-state index contributed by atoms with van der Waals surface area (Å²) in [6.07, 6.45) is 2.86. The molecule has 22 heavy (non-hydrogen) atoms. The van der Waals surface area contributed by atoms with E-state index in [9.17, 15) is 9.90 Å². The second-order valence-corrected chi connectivity index (χ2v) is 6.90. The molecule has 0 spiro atoms. The molecule has 1 aromatic heterocycles. The Bertz CT molecular complexity index is 677. The maximum absolute atomic E-state index is 11.9. The van der Waals surface area contributed by atoms with Crippen molar-refractivity contribution >= 4 is 17.2 Å². The summed E-state index contributed by atoms with van der Waals surface area (Å²) in [5.41, 5.74) is 2.38. The number of amides is 1. The second kappa shape index (κ2) is 6.18. The Kier molecular flexibility index (Phi) is 4.27. The Morgan fingerprint density at radius 3 is 2.95 bits per heavy atom. The van der Waals surface area contributed by atoms with Gasteiger partial charge < -0.3 is 10.4 Å². The fourth-order valence-electron chi connectivity index (χ4n) is 2.55. The molecule has 2 aromatic rings. The zero-order valence-electron chi connectivity index (χ0n) is 12.6. The van der Waals surface area contributed by atoms with Crippen molar-refractivity contribution in [2.75, 3.05) is 6.54 Å². The molecule has 1 amide bonds. The van der Waals surface area contributed by atoms with Crippen LogP contribution in [-0.2, 0) is 11.2 Å². The van der Waals surface area contributed by atoms with E-state index in [4.69, 9.17) is 0 Å². The predicted molar refractivity (Wildman–Crippen MR) is 87.8 cm³/mol. The minimum Gasteiger partial charge on any atom is -0.388 e. The number of hydrogen-bond acceptors (Lipinski definition) is 4. The van der Waals surface area contributed by atoms with Crippen molar-refractivity contribution in [3.63, 3.8) is 0 Å². The van der Waals surface area contributed by atoms with Crippen molar-refractivity contribution in [1.82, 2.24) is 10.3 Å². The van der Waals surface area contributed by atoms with Gasteiger partial charge >= 0.3 is 0 Å². The molecule has 0 aliphatic heterocycles. The fourth-order valence-corrected chi connectivity index (χ4v) is 3.37. The van der Waals surface area contributed by atoms with Crippen molar-refractivity contribution in [2.24, 2.45) is 0 Å². The Morgan fingerprint density at radius 1 is 1.45 bits per heavy atom. The van der Waals surface area contributed by atoms with Gasteiger partial charge in [0, 0.05) is 17.5 Å². The Balaban J connectivity index is 1.58. The molecule has 0 saturated heterocycles. The number of aromatic nitrogens is 1. The summed E-state index contributed by atoms with van der Waals surface area (Å²) in [5.74, 6) is -0.0820. The third kappa shape index (κ3) is 3.54. The summed E-state index contributed by atoms with van der Waals surface area (Å²) in [5, 5.41) is 15.6. The molecule has 0 unspecified atom stereocenters. The van der Waals surface area contributed by atoms with E-state index in [0.29, 0.717) is 6.54 Å². The van der Waals surface area contributed by atoms with Crippen molar-refractivity contribution in [3.8, 4) is 10.6 Å². The largest absolute Gasteiger partial charge is 0.388 e. The number of nitrogens with zero attached hydrogens (tertiary/aromatic N) is 1. The highest BCUT2D eigenvalue weighted by Crippen LogP contribution is 2.30. The Morgan fingerprint density at radius 2 is 2.27 bits per heavy atom. The molecule has 1 fully saturated rings. The zero-order chi connectivity index (χ0) is 15.6. The minimum absolute atomic E-state index is 0.0820. The molecular formula is C17H20N2O2S. The van der Waals surface area contributed by atoms with Crippen molar-refractivity contribution in [2.45, 2.75) is 38.2 Å². The number of nitrogens with one attached hydrogen (secondary N) is 1. The van der Waals surface area contributed by atoms with Crippen LogP contribution >= 0.6 is 11.3 Å². The number of benzene rings is 1. The van der Waals surface area contributed by atoms with Crippen LogP contribution in [0, 0.1) is 6.92 Å². The van der Waals surface area contributed by atoms with Crippen LogP contribution in [-0.4, -0.2) is 28.1 Å². The lowest BCUT2D eigenvalue weighted by atomic mass is 9.80. The van der Waals surface area contributed by atoms with Gasteiger partial charge in [-0.15, -0.1) is 11.3 Å². The first-order valence-electron chi connectivity index (χ1n) is 7.55. The van der Waals surface area contributed by atoms with E-state index in [1.807, 2.05) is 17.5 Å². The van der Waals surface area contributed by atoms with Crippen molar-refractivity contribution in [1.29, 1.82) is 0 Å². The highest BCUT2D eigenvalue weighted by atomic mass is 32.1. The first-order chi connectivity index (χ1) is 10.5. The predicted octanol–water partition coefficient (Wildman–Crippen LogP) is 2.69. The van der Waals surface area contributed by atoms with Crippen LogP contribution in [0.15, 0.2) is 29.6 Å². The van der Waals surface area contributed by atoms with Gasteiger partial charge in [0.15, 0.2) is 0 Å². The van der Waals surface area contributed by atoms with Crippen molar-refractivity contribution < 1.29 is 9.90 Å². The molecule has 5 heteroatoms. The van der Waals surface area contributed by atoms with Gasteiger partial charge in [0.2, 0.25) is 5.91 Å². The van der Waals surface area contributed by atoms with Gasteiger partial charge in [-0.1, -0.05) is 23.8 Å². The lowest BCUT2D eigenvalue weighted by molar-refractivity contribution is -0.122. The van der Waals surface area contributed by atoms with E-state index in [-0.39, 0.29) is 12.3 Å². The van der Waals surface area contributed by atoms with Crippen LogP contribution in [0.4, 0.5) is 0 Å². The van der Waals surface area contributed by atoms with E-state index in [0.717, 1.165) is 35.5 Å². The summed E-state index contributed by atoms with van der Waals surface area (Å²) >= 11 is 1.55. The van der Waals surface area contributed by atoms with E-state index >= 15 is 0 Å². The summed E-state index contributed by atoms with van der Waals surface area (Å²) < 4.78 is 0. The van der Waals surface area contributed by atoms with E-state index in [1.165, 1.54) is 5.56 Å². The minimum atomic E-state index is -0.676. The number of aliphatic hydroxyl groups is 1. The molecule has 0 radical (unpaired) electrons. The zero-order valence-corrected chi connectivity index (χ0v) is 13.4. The summed E-state index contributed by atoms with van der Waals surface area (Å²) in [6.45, 7) is 2.40. The average molecular weight is 316 g/mol. The normalized spacial score (nSPS) is 16.1. The second-order valence-electron chi connectivity index (χ2n) is 6.04. The van der Waals surface area contributed by atoms with Crippen LogP contribution in [0.3, 0.4) is 0 Å². The lowest BCUT2D eigenvalue weighted by Gasteiger charge is -2.36. The Labute approximate surface area is 134 Å². The summed E-state index contributed by atoms with van der Waals surface area (Å²) in [6, 6.07) is 8.19. The maximum atomic E-state index is 11.9. The number of carbonyl (C=O) groups excluding carboxylic acids is 1. The standard InChI is InChI=1S/C17H20N2O2S/c1-12-4-2-5-13(8-12)16-19-14(10-22-16)9-15(20)18-11-17(21)6-3-7-17/h2,4-5,8,10,21H,3,6-7,9,11H2,1H3,(H,18,20). The molecule has 1 heterocycles. The smallest absolute Gasteiger partial charge is 0.226 e. The lowest BCUT2D eigenvalue weighted by Crippen LogP contribution is -2.48. The third-order valence-corrected chi connectivity index (χ3v) is 5.00. The first kappa shape index (κ1) is 15.2.